The van der Waals surface area contributed by atoms with Gasteiger partial charge in [0.2, 0.25) is 0 Å². The molecule has 1 fully saturated rings. The number of hydrogen-bond donors (Lipinski definition) is 1. The van der Waals surface area contributed by atoms with E-state index >= 15 is 0 Å². The summed E-state index contributed by atoms with van der Waals surface area (Å²) in [6.45, 7) is 7.61. The number of nitrogens with zero attached hydrogens (tertiary/aromatic N) is 1. The first-order chi connectivity index (χ1) is 7.83. The fourth-order valence-corrected chi connectivity index (χ4v) is 2.16. The highest BCUT2D eigenvalue weighted by Gasteiger charge is 2.15. The summed E-state index contributed by atoms with van der Waals surface area (Å²) in [6.07, 6.45) is 6.24. The molecule has 0 saturated carbocycles. The Morgan fingerprint density at radius 1 is 1.31 bits per heavy atom. The molecule has 1 atom stereocenters. The second-order valence-electron chi connectivity index (χ2n) is 4.87. The lowest BCUT2D eigenvalue weighted by Crippen LogP contribution is -2.44. The number of rotatable bonds is 8. The maximum atomic E-state index is 5.53. The molecule has 3 heteroatoms. The Labute approximate surface area is 101 Å². The zero-order chi connectivity index (χ0) is 11.6. The molecular weight excluding hydrogens is 200 g/mol. The molecule has 0 aromatic carbocycles. The second kappa shape index (κ2) is 8.97. The van der Waals surface area contributed by atoms with Crippen molar-refractivity contribution in [1.82, 2.24) is 10.2 Å². The molecule has 1 rings (SSSR count). The second-order valence-corrected chi connectivity index (χ2v) is 4.87. The quantitative estimate of drug-likeness (QED) is 0.642. The topological polar surface area (TPSA) is 24.5 Å². The Morgan fingerprint density at radius 2 is 2.12 bits per heavy atom. The van der Waals surface area contributed by atoms with E-state index in [9.17, 15) is 0 Å². The first-order valence-corrected chi connectivity index (χ1v) is 6.82. The van der Waals surface area contributed by atoms with E-state index in [0.717, 1.165) is 26.2 Å². The van der Waals surface area contributed by atoms with Gasteiger partial charge in [0, 0.05) is 25.8 Å². The van der Waals surface area contributed by atoms with E-state index in [2.05, 4.69) is 24.2 Å². The number of piperidine rings is 1. The monoisotopic (exact) mass is 228 g/mol. The van der Waals surface area contributed by atoms with Crippen molar-refractivity contribution in [1.29, 1.82) is 0 Å². The molecule has 0 aromatic rings. The van der Waals surface area contributed by atoms with Crippen molar-refractivity contribution in [3.05, 3.63) is 0 Å². The molecule has 16 heavy (non-hydrogen) atoms. The van der Waals surface area contributed by atoms with Crippen LogP contribution in [0.4, 0.5) is 0 Å². The highest BCUT2D eigenvalue weighted by molar-refractivity contribution is 4.75. The van der Waals surface area contributed by atoms with Crippen LogP contribution in [0.3, 0.4) is 0 Å². The Bertz CT molecular complexity index is 164. The summed E-state index contributed by atoms with van der Waals surface area (Å²) in [7, 11) is 2.21. The van der Waals surface area contributed by atoms with Gasteiger partial charge >= 0.3 is 0 Å². The molecule has 1 aliphatic rings. The van der Waals surface area contributed by atoms with Crippen LogP contribution in [0.1, 0.15) is 39.0 Å². The summed E-state index contributed by atoms with van der Waals surface area (Å²) < 4.78 is 5.53. The molecule has 3 nitrogen and oxygen atoms in total. The van der Waals surface area contributed by atoms with Crippen molar-refractivity contribution in [3.63, 3.8) is 0 Å². The van der Waals surface area contributed by atoms with Gasteiger partial charge in [-0.2, -0.15) is 0 Å². The van der Waals surface area contributed by atoms with E-state index in [1.807, 2.05) is 0 Å². The fraction of sp³-hybridized carbons (Fsp3) is 1.00. The number of likely N-dealkylation sites (tertiary alicyclic amines) is 1. The lowest BCUT2D eigenvalue weighted by Gasteiger charge is -2.30. The highest BCUT2D eigenvalue weighted by Crippen LogP contribution is 2.07. The highest BCUT2D eigenvalue weighted by atomic mass is 16.5. The maximum absolute atomic E-state index is 5.53. The first kappa shape index (κ1) is 13.9. The molecule has 0 amide bonds. The van der Waals surface area contributed by atoms with E-state index in [1.54, 1.807) is 0 Å². The molecule has 0 aromatic heterocycles. The zero-order valence-electron chi connectivity index (χ0n) is 11.0. The van der Waals surface area contributed by atoms with E-state index < -0.39 is 0 Å². The Kier molecular flexibility index (Phi) is 7.81. The van der Waals surface area contributed by atoms with Crippen LogP contribution in [0.25, 0.3) is 0 Å². The molecule has 96 valence electrons. The summed E-state index contributed by atoms with van der Waals surface area (Å²) in [5.74, 6) is 0. The third kappa shape index (κ3) is 6.46. The molecular formula is C13H28N2O. The van der Waals surface area contributed by atoms with Crippen molar-refractivity contribution in [2.45, 2.75) is 45.1 Å². The lowest BCUT2D eigenvalue weighted by atomic mass is 10.1. The standard InChI is InChI=1S/C13H28N2O/c1-3-4-10-16-11-6-8-14-13-7-5-9-15(2)12-13/h13-14H,3-12H2,1-2H3. The van der Waals surface area contributed by atoms with Gasteiger partial charge in [0.1, 0.15) is 0 Å². The van der Waals surface area contributed by atoms with Gasteiger partial charge in [-0.25, -0.2) is 0 Å². The normalized spacial score (nSPS) is 22.5. The number of likely N-dealkylation sites (N-methyl/N-ethyl adjacent to an activating group) is 1. The average Bonchev–Trinajstić information content (AvgIpc) is 2.28. The largest absolute Gasteiger partial charge is 0.381 e. The van der Waals surface area contributed by atoms with E-state index in [4.69, 9.17) is 4.74 Å². The van der Waals surface area contributed by atoms with E-state index in [1.165, 1.54) is 38.8 Å². The van der Waals surface area contributed by atoms with Crippen molar-refractivity contribution >= 4 is 0 Å². The van der Waals surface area contributed by atoms with E-state index in [0.29, 0.717) is 6.04 Å². The zero-order valence-corrected chi connectivity index (χ0v) is 11.0. The number of hydrogen-bond acceptors (Lipinski definition) is 3. The summed E-state index contributed by atoms with van der Waals surface area (Å²) in [5.41, 5.74) is 0. The van der Waals surface area contributed by atoms with Gasteiger partial charge in [-0.3, -0.25) is 0 Å². The molecule has 0 spiro atoms. The van der Waals surface area contributed by atoms with Crippen molar-refractivity contribution in [3.8, 4) is 0 Å². The minimum atomic E-state index is 0.703. The van der Waals surface area contributed by atoms with Crippen molar-refractivity contribution in [2.24, 2.45) is 0 Å². The van der Waals surface area contributed by atoms with Gasteiger partial charge in [0.05, 0.1) is 0 Å². The van der Waals surface area contributed by atoms with Crippen LogP contribution in [0.15, 0.2) is 0 Å². The van der Waals surface area contributed by atoms with Crippen LogP contribution in [0.5, 0.6) is 0 Å². The summed E-state index contributed by atoms with van der Waals surface area (Å²) in [4.78, 5) is 2.42. The van der Waals surface area contributed by atoms with Gasteiger partial charge in [-0.15, -0.1) is 0 Å². The number of unbranched alkanes of at least 4 members (excludes halogenated alkanes) is 1. The minimum absolute atomic E-state index is 0.703. The van der Waals surface area contributed by atoms with Crippen LogP contribution in [0, 0.1) is 0 Å². The van der Waals surface area contributed by atoms with Gasteiger partial charge in [-0.05, 0) is 45.8 Å². The molecule has 0 bridgehead atoms. The summed E-state index contributed by atoms with van der Waals surface area (Å²) in [6, 6.07) is 0.703. The van der Waals surface area contributed by atoms with Crippen LogP contribution >= 0.6 is 0 Å². The molecule has 1 unspecified atom stereocenters. The number of ether oxygens (including phenoxy) is 1. The summed E-state index contributed by atoms with van der Waals surface area (Å²) >= 11 is 0. The minimum Gasteiger partial charge on any atom is -0.381 e. The van der Waals surface area contributed by atoms with E-state index in [-0.39, 0.29) is 0 Å². The number of nitrogens with one attached hydrogen (secondary N) is 1. The SMILES string of the molecule is CCCCOCCCNC1CCCN(C)C1. The van der Waals surface area contributed by atoms with Crippen LogP contribution in [-0.4, -0.2) is 50.8 Å². The fourth-order valence-electron chi connectivity index (χ4n) is 2.16. The van der Waals surface area contributed by atoms with Gasteiger partial charge in [0.15, 0.2) is 0 Å². The first-order valence-electron chi connectivity index (χ1n) is 6.82. The molecule has 1 aliphatic heterocycles. The predicted octanol–water partition coefficient (Wildman–Crippen LogP) is 1.88. The third-order valence-electron chi connectivity index (χ3n) is 3.17. The van der Waals surface area contributed by atoms with Crippen LogP contribution in [-0.2, 0) is 4.74 Å². The van der Waals surface area contributed by atoms with Gasteiger partial charge in [0.25, 0.3) is 0 Å². The Balaban J connectivity index is 1.86. The average molecular weight is 228 g/mol. The molecule has 0 aliphatic carbocycles. The Morgan fingerprint density at radius 3 is 2.88 bits per heavy atom. The van der Waals surface area contributed by atoms with Crippen molar-refractivity contribution < 1.29 is 4.74 Å². The smallest absolute Gasteiger partial charge is 0.0478 e. The molecule has 0 radical (unpaired) electrons. The lowest BCUT2D eigenvalue weighted by molar-refractivity contribution is 0.127. The van der Waals surface area contributed by atoms with Gasteiger partial charge in [-0.1, -0.05) is 13.3 Å². The predicted molar refractivity (Wildman–Crippen MR) is 68.9 cm³/mol. The van der Waals surface area contributed by atoms with Crippen LogP contribution < -0.4 is 5.32 Å². The van der Waals surface area contributed by atoms with Gasteiger partial charge < -0.3 is 15.0 Å². The third-order valence-corrected chi connectivity index (χ3v) is 3.17. The van der Waals surface area contributed by atoms with Crippen molar-refractivity contribution in [2.75, 3.05) is 39.9 Å². The molecule has 1 saturated heterocycles. The summed E-state index contributed by atoms with van der Waals surface area (Å²) in [5, 5.41) is 3.62. The molecule has 1 heterocycles. The molecule has 1 N–H and O–H groups in total. The Hall–Kier alpha value is -0.120. The van der Waals surface area contributed by atoms with Crippen LogP contribution in [0.2, 0.25) is 0 Å². The maximum Gasteiger partial charge on any atom is 0.0478 e.